The SMILES string of the molecule is CCc1cc(C#N)c(NC(=O)C2CCN(C(=O)c3cccc4ccccc34)CC2)s1. The number of likely N-dealkylation sites (tertiary alicyclic amines) is 1. The largest absolute Gasteiger partial charge is 0.339 e. The van der Waals surface area contributed by atoms with Crippen LogP contribution < -0.4 is 5.32 Å². The second-order valence-electron chi connectivity index (χ2n) is 7.50. The maximum atomic E-state index is 13.1. The van der Waals surface area contributed by atoms with Gasteiger partial charge in [-0.3, -0.25) is 9.59 Å². The Labute approximate surface area is 179 Å². The van der Waals surface area contributed by atoms with Crippen LogP contribution in [0.5, 0.6) is 0 Å². The van der Waals surface area contributed by atoms with Gasteiger partial charge in [-0.2, -0.15) is 5.26 Å². The second-order valence-corrected chi connectivity index (χ2v) is 8.64. The summed E-state index contributed by atoms with van der Waals surface area (Å²) in [5, 5.41) is 14.9. The Kier molecular flexibility index (Phi) is 5.82. The minimum Gasteiger partial charge on any atom is -0.339 e. The van der Waals surface area contributed by atoms with Gasteiger partial charge in [0.1, 0.15) is 11.1 Å². The van der Waals surface area contributed by atoms with E-state index in [4.69, 9.17) is 0 Å². The molecule has 4 rings (SSSR count). The van der Waals surface area contributed by atoms with Crippen LogP contribution in [-0.4, -0.2) is 29.8 Å². The van der Waals surface area contributed by atoms with Gasteiger partial charge in [0.25, 0.3) is 5.91 Å². The fourth-order valence-electron chi connectivity index (χ4n) is 3.93. The van der Waals surface area contributed by atoms with E-state index in [9.17, 15) is 14.9 Å². The predicted octanol–water partition coefficient (Wildman–Crippen LogP) is 4.83. The molecular weight excluding hydrogens is 394 g/mol. The minimum atomic E-state index is -0.153. The van der Waals surface area contributed by atoms with Gasteiger partial charge >= 0.3 is 0 Å². The van der Waals surface area contributed by atoms with Crippen molar-refractivity contribution in [1.29, 1.82) is 5.26 Å². The summed E-state index contributed by atoms with van der Waals surface area (Å²) in [7, 11) is 0. The number of carbonyl (C=O) groups excluding carboxylic acids is 2. The van der Waals surface area contributed by atoms with E-state index in [1.807, 2.05) is 60.4 Å². The van der Waals surface area contributed by atoms with E-state index in [2.05, 4.69) is 11.4 Å². The molecule has 2 amide bonds. The van der Waals surface area contributed by atoms with Crippen LogP contribution in [0.25, 0.3) is 10.8 Å². The van der Waals surface area contributed by atoms with Gasteiger partial charge in [0.15, 0.2) is 0 Å². The lowest BCUT2D eigenvalue weighted by molar-refractivity contribution is -0.121. The van der Waals surface area contributed by atoms with E-state index in [1.54, 1.807) is 0 Å². The van der Waals surface area contributed by atoms with Crippen molar-refractivity contribution in [1.82, 2.24) is 4.90 Å². The van der Waals surface area contributed by atoms with Gasteiger partial charge < -0.3 is 10.2 Å². The molecule has 152 valence electrons. The van der Waals surface area contributed by atoms with E-state index in [1.165, 1.54) is 11.3 Å². The summed E-state index contributed by atoms with van der Waals surface area (Å²) in [6.07, 6.45) is 2.08. The van der Waals surface area contributed by atoms with Gasteiger partial charge in [-0.1, -0.05) is 43.3 Å². The van der Waals surface area contributed by atoms with Gasteiger partial charge in [-0.25, -0.2) is 0 Å². The summed E-state index contributed by atoms with van der Waals surface area (Å²) >= 11 is 1.46. The number of hydrogen-bond acceptors (Lipinski definition) is 4. The molecule has 2 heterocycles. The van der Waals surface area contributed by atoms with Crippen LogP contribution in [0.15, 0.2) is 48.5 Å². The van der Waals surface area contributed by atoms with Gasteiger partial charge in [0.05, 0.1) is 5.56 Å². The molecule has 0 saturated carbocycles. The Morgan fingerprint density at radius 2 is 1.90 bits per heavy atom. The van der Waals surface area contributed by atoms with Crippen molar-refractivity contribution in [3.8, 4) is 6.07 Å². The van der Waals surface area contributed by atoms with Crippen LogP contribution in [0.3, 0.4) is 0 Å². The summed E-state index contributed by atoms with van der Waals surface area (Å²) in [5.41, 5.74) is 1.23. The first-order valence-corrected chi connectivity index (χ1v) is 11.0. The van der Waals surface area contributed by atoms with Crippen LogP contribution in [-0.2, 0) is 11.2 Å². The lowest BCUT2D eigenvalue weighted by Gasteiger charge is -2.31. The molecule has 0 bridgehead atoms. The lowest BCUT2D eigenvalue weighted by atomic mass is 9.95. The number of rotatable bonds is 4. The highest BCUT2D eigenvalue weighted by Gasteiger charge is 2.29. The molecule has 0 atom stereocenters. The van der Waals surface area contributed by atoms with E-state index >= 15 is 0 Å². The van der Waals surface area contributed by atoms with Crippen molar-refractivity contribution in [2.45, 2.75) is 26.2 Å². The maximum absolute atomic E-state index is 13.1. The summed E-state index contributed by atoms with van der Waals surface area (Å²) in [6, 6.07) is 17.7. The molecule has 0 radical (unpaired) electrons. The van der Waals surface area contributed by atoms with Crippen molar-refractivity contribution in [2.75, 3.05) is 18.4 Å². The molecule has 2 aromatic carbocycles. The lowest BCUT2D eigenvalue weighted by Crippen LogP contribution is -2.41. The van der Waals surface area contributed by atoms with Crippen molar-refractivity contribution < 1.29 is 9.59 Å². The van der Waals surface area contributed by atoms with Crippen LogP contribution in [0.2, 0.25) is 0 Å². The summed E-state index contributed by atoms with van der Waals surface area (Å²) in [6.45, 7) is 3.13. The number of benzene rings is 2. The number of anilines is 1. The number of aryl methyl sites for hydroxylation is 1. The standard InChI is InChI=1S/C24H23N3O2S/c1-2-19-14-18(15-25)23(30-19)26-22(28)17-10-12-27(13-11-17)24(29)21-9-5-7-16-6-3-4-8-20(16)21/h3-9,14,17H,2,10-13H2,1H3,(H,26,28). The fourth-order valence-corrected chi connectivity index (χ4v) is 4.88. The summed E-state index contributed by atoms with van der Waals surface area (Å²) < 4.78 is 0. The third-order valence-corrected chi connectivity index (χ3v) is 6.86. The average molecular weight is 418 g/mol. The quantitative estimate of drug-likeness (QED) is 0.661. The molecule has 6 heteroatoms. The molecule has 1 N–H and O–H groups in total. The normalized spacial score (nSPS) is 14.5. The Hall–Kier alpha value is -3.17. The van der Waals surface area contributed by atoms with Crippen LogP contribution in [0, 0.1) is 17.2 Å². The maximum Gasteiger partial charge on any atom is 0.254 e. The van der Waals surface area contributed by atoms with Crippen molar-refractivity contribution in [2.24, 2.45) is 5.92 Å². The molecular formula is C24H23N3O2S. The molecule has 0 unspecified atom stereocenters. The van der Waals surface area contributed by atoms with Crippen LogP contribution >= 0.6 is 11.3 Å². The van der Waals surface area contributed by atoms with Crippen molar-refractivity contribution in [3.63, 3.8) is 0 Å². The number of hydrogen-bond donors (Lipinski definition) is 1. The van der Waals surface area contributed by atoms with Crippen LogP contribution in [0.1, 0.15) is 40.6 Å². The number of piperidine rings is 1. The number of carbonyl (C=O) groups is 2. The van der Waals surface area contributed by atoms with E-state index in [0.717, 1.165) is 22.1 Å². The summed E-state index contributed by atoms with van der Waals surface area (Å²) in [5.74, 6) is -0.197. The Balaban J connectivity index is 1.41. The Bertz CT molecular complexity index is 1130. The topological polar surface area (TPSA) is 73.2 Å². The van der Waals surface area contributed by atoms with E-state index < -0.39 is 0 Å². The van der Waals surface area contributed by atoms with E-state index in [0.29, 0.717) is 42.1 Å². The number of fused-ring (bicyclic) bond motifs is 1. The number of amides is 2. The fraction of sp³-hybridized carbons (Fsp3) is 0.292. The third kappa shape index (κ3) is 3.94. The molecule has 1 aromatic heterocycles. The molecule has 1 saturated heterocycles. The number of nitriles is 1. The first kappa shape index (κ1) is 20.1. The highest BCUT2D eigenvalue weighted by Crippen LogP contribution is 2.30. The zero-order valence-corrected chi connectivity index (χ0v) is 17.7. The van der Waals surface area contributed by atoms with E-state index in [-0.39, 0.29) is 17.7 Å². The van der Waals surface area contributed by atoms with Gasteiger partial charge in [0, 0.05) is 29.4 Å². The number of nitrogens with one attached hydrogen (secondary N) is 1. The summed E-state index contributed by atoms with van der Waals surface area (Å²) in [4.78, 5) is 28.7. The highest BCUT2D eigenvalue weighted by molar-refractivity contribution is 7.16. The molecule has 0 aliphatic carbocycles. The molecule has 1 fully saturated rings. The molecule has 1 aliphatic heterocycles. The molecule has 3 aromatic rings. The Morgan fingerprint density at radius 1 is 1.17 bits per heavy atom. The number of nitrogens with zero attached hydrogens (tertiary/aromatic N) is 2. The second kappa shape index (κ2) is 8.68. The van der Waals surface area contributed by atoms with Crippen LogP contribution in [0.4, 0.5) is 5.00 Å². The third-order valence-electron chi connectivity index (χ3n) is 5.66. The smallest absolute Gasteiger partial charge is 0.254 e. The predicted molar refractivity (Wildman–Crippen MR) is 120 cm³/mol. The first-order valence-electron chi connectivity index (χ1n) is 10.2. The zero-order valence-electron chi connectivity index (χ0n) is 16.9. The zero-order chi connectivity index (χ0) is 21.1. The molecule has 5 nitrogen and oxygen atoms in total. The van der Waals surface area contributed by atoms with Crippen molar-refractivity contribution in [3.05, 3.63) is 64.5 Å². The van der Waals surface area contributed by atoms with Crippen molar-refractivity contribution >= 4 is 38.9 Å². The number of thiophene rings is 1. The van der Waals surface area contributed by atoms with Gasteiger partial charge in [-0.05, 0) is 42.2 Å². The molecule has 30 heavy (non-hydrogen) atoms. The van der Waals surface area contributed by atoms with Gasteiger partial charge in [-0.15, -0.1) is 11.3 Å². The average Bonchev–Trinajstić information content (AvgIpc) is 3.20. The molecule has 1 aliphatic rings. The highest BCUT2D eigenvalue weighted by atomic mass is 32.1. The molecule has 0 spiro atoms. The minimum absolute atomic E-state index is 0.0169. The Morgan fingerprint density at radius 3 is 2.63 bits per heavy atom. The first-order chi connectivity index (χ1) is 14.6. The monoisotopic (exact) mass is 417 g/mol. The van der Waals surface area contributed by atoms with Gasteiger partial charge in [0.2, 0.25) is 5.91 Å².